The molecule has 1 unspecified atom stereocenters. The third kappa shape index (κ3) is 5.80. The summed E-state index contributed by atoms with van der Waals surface area (Å²) >= 11 is 0. The van der Waals surface area contributed by atoms with Gasteiger partial charge in [0.25, 0.3) is 5.91 Å². The fourth-order valence-electron chi connectivity index (χ4n) is 3.61. The molecule has 0 aromatic heterocycles. The Labute approximate surface area is 166 Å². The number of nitrogens with one attached hydrogen (secondary N) is 1. The molecule has 2 aromatic carbocycles. The summed E-state index contributed by atoms with van der Waals surface area (Å²) in [6.07, 6.45) is 2.23. The first-order chi connectivity index (χ1) is 13.5. The molecule has 2 aromatic rings. The van der Waals surface area contributed by atoms with Gasteiger partial charge in [-0.25, -0.2) is 4.39 Å². The van der Waals surface area contributed by atoms with Crippen LogP contribution in [0, 0.1) is 11.7 Å². The van der Waals surface area contributed by atoms with Crippen molar-refractivity contribution >= 4 is 5.91 Å². The maximum atomic E-state index is 13.1. The number of ether oxygens (including phenoxy) is 1. The van der Waals surface area contributed by atoms with E-state index in [2.05, 4.69) is 10.2 Å². The smallest absolute Gasteiger partial charge is 0.255 e. The molecule has 150 valence electrons. The van der Waals surface area contributed by atoms with Gasteiger partial charge in [-0.05, 0) is 63.1 Å². The Morgan fingerprint density at radius 2 is 1.96 bits per heavy atom. The zero-order valence-electron chi connectivity index (χ0n) is 16.7. The van der Waals surface area contributed by atoms with Crippen molar-refractivity contribution in [2.45, 2.75) is 39.3 Å². The Kier molecular flexibility index (Phi) is 7.04. The molecule has 0 radical (unpaired) electrons. The Hall–Kier alpha value is -2.40. The van der Waals surface area contributed by atoms with Crippen molar-refractivity contribution < 1.29 is 13.9 Å². The van der Waals surface area contributed by atoms with Crippen LogP contribution >= 0.6 is 0 Å². The van der Waals surface area contributed by atoms with Crippen molar-refractivity contribution in [3.8, 4) is 5.75 Å². The van der Waals surface area contributed by atoms with Crippen molar-refractivity contribution in [3.05, 3.63) is 65.5 Å². The summed E-state index contributed by atoms with van der Waals surface area (Å²) in [4.78, 5) is 14.8. The summed E-state index contributed by atoms with van der Waals surface area (Å²) < 4.78 is 19.1. The number of carbonyl (C=O) groups is 1. The Balaban J connectivity index is 1.56. The second-order valence-electron chi connectivity index (χ2n) is 7.81. The molecule has 0 bridgehead atoms. The van der Waals surface area contributed by atoms with Gasteiger partial charge in [-0.15, -0.1) is 0 Å². The third-order valence-corrected chi connectivity index (χ3v) is 4.95. The number of para-hydroxylation sites is 1. The lowest BCUT2D eigenvalue weighted by molar-refractivity contribution is 0.0932. The molecule has 3 rings (SSSR count). The molecule has 5 heteroatoms. The Morgan fingerprint density at radius 3 is 2.71 bits per heavy atom. The van der Waals surface area contributed by atoms with Gasteiger partial charge >= 0.3 is 0 Å². The lowest BCUT2D eigenvalue weighted by atomic mass is 9.98. The topological polar surface area (TPSA) is 41.6 Å². The van der Waals surface area contributed by atoms with Gasteiger partial charge in [0.2, 0.25) is 0 Å². The summed E-state index contributed by atoms with van der Waals surface area (Å²) in [6.45, 7) is 7.28. The number of likely N-dealkylation sites (tertiary alicyclic amines) is 1. The zero-order chi connectivity index (χ0) is 19.9. The third-order valence-electron chi connectivity index (χ3n) is 4.95. The average Bonchev–Trinajstić information content (AvgIpc) is 2.68. The Morgan fingerprint density at radius 1 is 1.21 bits per heavy atom. The molecule has 1 heterocycles. The summed E-state index contributed by atoms with van der Waals surface area (Å²) in [5.74, 6) is 0.743. The predicted molar refractivity (Wildman–Crippen MR) is 109 cm³/mol. The van der Waals surface area contributed by atoms with Crippen LogP contribution in [0.4, 0.5) is 4.39 Å². The van der Waals surface area contributed by atoms with E-state index < -0.39 is 0 Å². The quantitative estimate of drug-likeness (QED) is 0.776. The van der Waals surface area contributed by atoms with Gasteiger partial charge in [-0.1, -0.05) is 24.3 Å². The van der Waals surface area contributed by atoms with Crippen molar-refractivity contribution in [2.75, 3.05) is 19.7 Å². The molecule has 1 N–H and O–H groups in total. The first-order valence-corrected chi connectivity index (χ1v) is 10.0. The number of hydrogen-bond donors (Lipinski definition) is 1. The molecule has 1 aliphatic rings. The SMILES string of the molecule is CC(C)NC(=O)c1ccccc1OCC1CCCN(Cc2ccc(F)cc2)C1. The Bertz CT molecular complexity index is 776. The molecular formula is C23H29FN2O2. The van der Waals surface area contributed by atoms with E-state index in [9.17, 15) is 9.18 Å². The highest BCUT2D eigenvalue weighted by Gasteiger charge is 2.21. The van der Waals surface area contributed by atoms with Crippen LogP contribution in [0.2, 0.25) is 0 Å². The van der Waals surface area contributed by atoms with Gasteiger partial charge in [0.1, 0.15) is 11.6 Å². The van der Waals surface area contributed by atoms with Crippen LogP contribution in [0.1, 0.15) is 42.6 Å². The molecule has 1 atom stereocenters. The first-order valence-electron chi connectivity index (χ1n) is 10.0. The lowest BCUT2D eigenvalue weighted by Gasteiger charge is -2.32. The summed E-state index contributed by atoms with van der Waals surface area (Å²) in [6, 6.07) is 14.2. The number of benzene rings is 2. The van der Waals surface area contributed by atoms with Crippen LogP contribution in [0.5, 0.6) is 5.75 Å². The summed E-state index contributed by atoms with van der Waals surface area (Å²) in [7, 11) is 0. The van der Waals surface area contributed by atoms with Crippen LogP contribution in [-0.4, -0.2) is 36.5 Å². The molecule has 1 aliphatic heterocycles. The second kappa shape index (κ2) is 9.69. The van der Waals surface area contributed by atoms with Crippen molar-refractivity contribution in [2.24, 2.45) is 5.92 Å². The van der Waals surface area contributed by atoms with Crippen LogP contribution in [-0.2, 0) is 6.54 Å². The van der Waals surface area contributed by atoms with E-state index in [1.165, 1.54) is 12.1 Å². The number of halogens is 1. The van der Waals surface area contributed by atoms with Gasteiger partial charge in [-0.3, -0.25) is 9.69 Å². The first kappa shape index (κ1) is 20.3. The standard InChI is InChI=1S/C23H29FN2O2/c1-17(2)25-23(27)21-7-3-4-8-22(21)28-16-19-6-5-13-26(15-19)14-18-9-11-20(24)12-10-18/h3-4,7-12,17,19H,5-6,13-16H2,1-2H3,(H,25,27). The number of nitrogens with zero attached hydrogens (tertiary/aromatic N) is 1. The summed E-state index contributed by atoms with van der Waals surface area (Å²) in [5, 5.41) is 2.92. The highest BCUT2D eigenvalue weighted by Crippen LogP contribution is 2.23. The second-order valence-corrected chi connectivity index (χ2v) is 7.81. The number of piperidine rings is 1. The van der Waals surface area contributed by atoms with E-state index in [4.69, 9.17) is 4.74 Å². The van der Waals surface area contributed by atoms with Crippen LogP contribution in [0.3, 0.4) is 0 Å². The summed E-state index contributed by atoms with van der Waals surface area (Å²) in [5.41, 5.74) is 1.70. The number of hydrogen-bond acceptors (Lipinski definition) is 3. The average molecular weight is 384 g/mol. The van der Waals surface area contributed by atoms with Crippen LogP contribution in [0.25, 0.3) is 0 Å². The lowest BCUT2D eigenvalue weighted by Crippen LogP contribution is -2.37. The molecule has 1 saturated heterocycles. The van der Waals surface area contributed by atoms with E-state index in [0.29, 0.717) is 23.8 Å². The number of rotatable bonds is 7. The minimum absolute atomic E-state index is 0.0823. The van der Waals surface area contributed by atoms with E-state index >= 15 is 0 Å². The van der Waals surface area contributed by atoms with Gasteiger partial charge in [0.15, 0.2) is 0 Å². The van der Waals surface area contributed by atoms with E-state index in [-0.39, 0.29) is 17.8 Å². The number of amides is 1. The van der Waals surface area contributed by atoms with Gasteiger partial charge in [0.05, 0.1) is 12.2 Å². The minimum Gasteiger partial charge on any atom is -0.492 e. The van der Waals surface area contributed by atoms with E-state index in [1.54, 1.807) is 6.07 Å². The maximum absolute atomic E-state index is 13.1. The molecule has 1 fully saturated rings. The maximum Gasteiger partial charge on any atom is 0.255 e. The number of carbonyl (C=O) groups excluding carboxylic acids is 1. The predicted octanol–water partition coefficient (Wildman–Crippen LogP) is 4.25. The van der Waals surface area contributed by atoms with E-state index in [0.717, 1.165) is 38.0 Å². The van der Waals surface area contributed by atoms with E-state index in [1.807, 2.05) is 44.2 Å². The fraction of sp³-hybridized carbons (Fsp3) is 0.435. The fourth-order valence-corrected chi connectivity index (χ4v) is 3.61. The van der Waals surface area contributed by atoms with Crippen molar-refractivity contribution in [3.63, 3.8) is 0 Å². The van der Waals surface area contributed by atoms with Gasteiger partial charge < -0.3 is 10.1 Å². The van der Waals surface area contributed by atoms with Crippen LogP contribution < -0.4 is 10.1 Å². The van der Waals surface area contributed by atoms with Crippen molar-refractivity contribution in [1.82, 2.24) is 10.2 Å². The van der Waals surface area contributed by atoms with Crippen molar-refractivity contribution in [1.29, 1.82) is 0 Å². The highest BCUT2D eigenvalue weighted by molar-refractivity contribution is 5.97. The highest BCUT2D eigenvalue weighted by atomic mass is 19.1. The van der Waals surface area contributed by atoms with Gasteiger partial charge in [0, 0.05) is 25.0 Å². The molecule has 0 spiro atoms. The van der Waals surface area contributed by atoms with Gasteiger partial charge in [-0.2, -0.15) is 0 Å². The van der Waals surface area contributed by atoms with Crippen LogP contribution in [0.15, 0.2) is 48.5 Å². The molecule has 0 aliphatic carbocycles. The zero-order valence-corrected chi connectivity index (χ0v) is 16.7. The monoisotopic (exact) mass is 384 g/mol. The minimum atomic E-state index is -0.200. The largest absolute Gasteiger partial charge is 0.492 e. The molecule has 4 nitrogen and oxygen atoms in total. The normalized spacial score (nSPS) is 17.5. The molecule has 1 amide bonds. The molecule has 0 saturated carbocycles. The molecule has 28 heavy (non-hydrogen) atoms. The molecular weight excluding hydrogens is 355 g/mol.